The van der Waals surface area contributed by atoms with Crippen LogP contribution in [-0.4, -0.2) is 4.98 Å². The van der Waals surface area contributed by atoms with Crippen LogP contribution in [0.25, 0.3) is 0 Å². The number of nitrogens with two attached hydrogens (primary N) is 1. The number of benzene rings is 1. The fraction of sp³-hybridized carbons (Fsp3) is 0.250. The predicted molar refractivity (Wildman–Crippen MR) is 74.8 cm³/mol. The third-order valence-electron chi connectivity index (χ3n) is 2.70. The number of nitrogens with zero attached hydrogens (tertiary/aromatic N) is 1. The van der Waals surface area contributed by atoms with Crippen molar-refractivity contribution in [1.82, 2.24) is 10.4 Å². The van der Waals surface area contributed by atoms with Gasteiger partial charge < -0.3 is 0 Å². The second-order valence-corrected chi connectivity index (χ2v) is 5.78. The van der Waals surface area contributed by atoms with Gasteiger partial charge in [0.2, 0.25) is 0 Å². The fourth-order valence-corrected chi connectivity index (χ4v) is 2.95. The van der Waals surface area contributed by atoms with E-state index in [-0.39, 0.29) is 6.04 Å². The lowest BCUT2D eigenvalue weighted by Crippen LogP contribution is -2.29. The Hall–Kier alpha value is -0.750. The average Bonchev–Trinajstić information content (AvgIpc) is 2.79. The highest BCUT2D eigenvalue weighted by molar-refractivity contribution is 9.10. The Kier molecular flexibility index (Phi) is 4.28. The number of hydrogen-bond acceptors (Lipinski definition) is 4. The van der Waals surface area contributed by atoms with Crippen molar-refractivity contribution in [1.29, 1.82) is 0 Å². The number of rotatable bonds is 4. The minimum atomic E-state index is 0.128. The van der Waals surface area contributed by atoms with Gasteiger partial charge in [-0.3, -0.25) is 16.3 Å². The van der Waals surface area contributed by atoms with E-state index in [4.69, 9.17) is 5.84 Å². The van der Waals surface area contributed by atoms with E-state index >= 15 is 0 Å². The largest absolute Gasteiger partial charge is 0.271 e. The summed E-state index contributed by atoms with van der Waals surface area (Å²) in [6.45, 7) is 2.09. The number of hydrazine groups is 1. The van der Waals surface area contributed by atoms with Crippen molar-refractivity contribution < 1.29 is 0 Å². The normalized spacial score (nSPS) is 12.6. The van der Waals surface area contributed by atoms with Crippen molar-refractivity contribution in [3.63, 3.8) is 0 Å². The zero-order chi connectivity index (χ0) is 12.3. The monoisotopic (exact) mass is 311 g/mol. The Morgan fingerprint density at radius 2 is 2.35 bits per heavy atom. The molecule has 0 saturated heterocycles. The van der Waals surface area contributed by atoms with Gasteiger partial charge >= 0.3 is 0 Å². The lowest BCUT2D eigenvalue weighted by atomic mass is 9.99. The molecule has 0 saturated carbocycles. The van der Waals surface area contributed by atoms with E-state index in [2.05, 4.69) is 45.4 Å². The molecule has 5 heteroatoms. The van der Waals surface area contributed by atoms with Gasteiger partial charge in [-0.15, -0.1) is 11.3 Å². The lowest BCUT2D eigenvalue weighted by molar-refractivity contribution is 0.552. The maximum absolute atomic E-state index is 5.65. The van der Waals surface area contributed by atoms with Gasteiger partial charge in [-0.25, -0.2) is 0 Å². The first-order valence-electron chi connectivity index (χ1n) is 5.30. The van der Waals surface area contributed by atoms with Crippen molar-refractivity contribution >= 4 is 27.3 Å². The molecule has 0 aliphatic carbocycles. The Bertz CT molecular complexity index is 485. The van der Waals surface area contributed by atoms with Gasteiger partial charge in [-0.1, -0.05) is 22.0 Å². The Morgan fingerprint density at radius 1 is 1.53 bits per heavy atom. The molecule has 0 fully saturated rings. The third-order valence-corrected chi connectivity index (χ3v) is 3.99. The molecule has 1 unspecified atom stereocenters. The zero-order valence-electron chi connectivity index (χ0n) is 9.48. The molecule has 0 spiro atoms. The molecular formula is C12H14BrN3S. The summed E-state index contributed by atoms with van der Waals surface area (Å²) < 4.78 is 1.09. The average molecular weight is 312 g/mol. The summed E-state index contributed by atoms with van der Waals surface area (Å²) >= 11 is 5.12. The molecule has 1 aromatic carbocycles. The van der Waals surface area contributed by atoms with E-state index in [1.165, 1.54) is 16.0 Å². The van der Waals surface area contributed by atoms with Crippen LogP contribution >= 0.6 is 27.3 Å². The van der Waals surface area contributed by atoms with Gasteiger partial charge in [0.05, 0.1) is 11.6 Å². The Balaban J connectivity index is 2.23. The fourth-order valence-electron chi connectivity index (χ4n) is 1.83. The standard InChI is InChI=1S/C12H14BrN3S/c1-8-4-9(13)2-3-11(8)12(16-14)5-10-6-15-7-17-10/h2-4,6-7,12,16H,5,14H2,1H3. The van der Waals surface area contributed by atoms with E-state index in [0.717, 1.165) is 10.9 Å². The quantitative estimate of drug-likeness (QED) is 0.674. The van der Waals surface area contributed by atoms with Crippen LogP contribution in [0.4, 0.5) is 0 Å². The summed E-state index contributed by atoms with van der Waals surface area (Å²) in [7, 11) is 0. The van der Waals surface area contributed by atoms with Crippen LogP contribution < -0.4 is 11.3 Å². The maximum Gasteiger partial charge on any atom is 0.0794 e. The van der Waals surface area contributed by atoms with Crippen LogP contribution in [0.15, 0.2) is 34.4 Å². The second-order valence-electron chi connectivity index (χ2n) is 3.89. The van der Waals surface area contributed by atoms with Crippen LogP contribution in [0.1, 0.15) is 22.0 Å². The molecule has 3 nitrogen and oxygen atoms in total. The highest BCUT2D eigenvalue weighted by Crippen LogP contribution is 2.25. The molecule has 0 aliphatic heterocycles. The third kappa shape index (κ3) is 3.13. The van der Waals surface area contributed by atoms with E-state index in [1.54, 1.807) is 11.3 Å². The van der Waals surface area contributed by atoms with Crippen molar-refractivity contribution in [2.45, 2.75) is 19.4 Å². The highest BCUT2D eigenvalue weighted by Gasteiger charge is 2.13. The molecule has 17 heavy (non-hydrogen) atoms. The van der Waals surface area contributed by atoms with E-state index in [1.807, 2.05) is 17.8 Å². The summed E-state index contributed by atoms with van der Waals surface area (Å²) in [5.41, 5.74) is 7.18. The van der Waals surface area contributed by atoms with Gasteiger partial charge in [0.1, 0.15) is 0 Å². The molecule has 0 aliphatic rings. The molecule has 3 N–H and O–H groups in total. The van der Waals surface area contributed by atoms with Crippen LogP contribution in [-0.2, 0) is 6.42 Å². The first-order valence-corrected chi connectivity index (χ1v) is 6.97. The molecule has 1 aromatic heterocycles. The molecule has 0 amide bonds. The molecular weight excluding hydrogens is 298 g/mol. The topological polar surface area (TPSA) is 50.9 Å². The van der Waals surface area contributed by atoms with Gasteiger partial charge in [-0.2, -0.15) is 0 Å². The summed E-state index contributed by atoms with van der Waals surface area (Å²) in [5, 5.41) is 0. The minimum Gasteiger partial charge on any atom is -0.271 e. The number of hydrogen-bond donors (Lipinski definition) is 2. The summed E-state index contributed by atoms with van der Waals surface area (Å²) in [5.74, 6) is 5.65. The Labute approximate surface area is 113 Å². The van der Waals surface area contributed by atoms with Crippen molar-refractivity contribution in [3.8, 4) is 0 Å². The van der Waals surface area contributed by atoms with E-state index < -0.39 is 0 Å². The second kappa shape index (κ2) is 5.73. The molecule has 2 rings (SSSR count). The molecule has 1 heterocycles. The summed E-state index contributed by atoms with van der Waals surface area (Å²) in [6.07, 6.45) is 2.76. The smallest absolute Gasteiger partial charge is 0.0794 e. The maximum atomic E-state index is 5.65. The van der Waals surface area contributed by atoms with Crippen LogP contribution in [0, 0.1) is 6.92 Å². The minimum absolute atomic E-state index is 0.128. The lowest BCUT2D eigenvalue weighted by Gasteiger charge is -2.17. The van der Waals surface area contributed by atoms with Crippen molar-refractivity contribution in [3.05, 3.63) is 50.4 Å². The van der Waals surface area contributed by atoms with Gasteiger partial charge in [0.15, 0.2) is 0 Å². The molecule has 1 atom stereocenters. The zero-order valence-corrected chi connectivity index (χ0v) is 11.9. The number of halogens is 1. The van der Waals surface area contributed by atoms with Gasteiger partial charge in [0, 0.05) is 22.0 Å². The SMILES string of the molecule is Cc1cc(Br)ccc1C(Cc1cncs1)NN. The number of aromatic nitrogens is 1. The first-order chi connectivity index (χ1) is 8.20. The van der Waals surface area contributed by atoms with E-state index in [0.29, 0.717) is 0 Å². The number of nitrogens with one attached hydrogen (secondary N) is 1. The Morgan fingerprint density at radius 3 is 2.94 bits per heavy atom. The highest BCUT2D eigenvalue weighted by atomic mass is 79.9. The van der Waals surface area contributed by atoms with Gasteiger partial charge in [-0.05, 0) is 30.2 Å². The van der Waals surface area contributed by atoms with Crippen molar-refractivity contribution in [2.75, 3.05) is 0 Å². The summed E-state index contributed by atoms with van der Waals surface area (Å²) in [4.78, 5) is 5.31. The van der Waals surface area contributed by atoms with Crippen LogP contribution in [0.5, 0.6) is 0 Å². The molecule has 0 bridgehead atoms. The van der Waals surface area contributed by atoms with Crippen molar-refractivity contribution in [2.24, 2.45) is 5.84 Å². The number of aryl methyl sites for hydroxylation is 1. The first kappa shape index (κ1) is 12.7. The van der Waals surface area contributed by atoms with Gasteiger partial charge in [0.25, 0.3) is 0 Å². The molecule has 2 aromatic rings. The number of thiazole rings is 1. The van der Waals surface area contributed by atoms with Crippen LogP contribution in [0.2, 0.25) is 0 Å². The predicted octanol–water partition coefficient (Wildman–Crippen LogP) is 2.96. The summed E-state index contributed by atoms with van der Waals surface area (Å²) in [6, 6.07) is 6.37. The molecule has 90 valence electrons. The van der Waals surface area contributed by atoms with E-state index in [9.17, 15) is 0 Å². The molecule has 0 radical (unpaired) electrons. The van der Waals surface area contributed by atoms with Crippen LogP contribution in [0.3, 0.4) is 0 Å².